The van der Waals surface area contributed by atoms with Crippen LogP contribution in [-0.4, -0.2) is 49.5 Å². The number of aliphatic hydroxyl groups is 1. The first-order chi connectivity index (χ1) is 11.7. The number of aliphatic hydroxyl groups excluding tert-OH is 1. The highest BCUT2D eigenvalue weighted by Crippen LogP contribution is 2.30. The van der Waals surface area contributed by atoms with Gasteiger partial charge in [-0.15, -0.1) is 0 Å². The Hall–Kier alpha value is -1.26. The third kappa shape index (κ3) is 5.38. The molecule has 0 amide bonds. The quantitative estimate of drug-likeness (QED) is 0.701. The molecule has 1 aromatic carbocycles. The molecule has 2 unspecified atom stereocenters. The summed E-state index contributed by atoms with van der Waals surface area (Å²) in [6.07, 6.45) is 5.00. The Morgan fingerprint density at radius 3 is 2.75 bits per heavy atom. The van der Waals surface area contributed by atoms with Crippen molar-refractivity contribution in [2.45, 2.75) is 52.1 Å². The van der Waals surface area contributed by atoms with Crippen LogP contribution in [0.2, 0.25) is 0 Å². The van der Waals surface area contributed by atoms with Crippen LogP contribution in [0.4, 0.5) is 0 Å². The molecule has 0 radical (unpaired) electrons. The van der Waals surface area contributed by atoms with Gasteiger partial charge in [0.25, 0.3) is 0 Å². The van der Waals surface area contributed by atoms with Crippen LogP contribution >= 0.6 is 0 Å². The zero-order valence-electron chi connectivity index (χ0n) is 15.5. The Morgan fingerprint density at radius 1 is 1.21 bits per heavy atom. The molecule has 1 heterocycles. The maximum absolute atomic E-state index is 10.3. The zero-order valence-corrected chi connectivity index (χ0v) is 15.5. The molecule has 0 saturated carbocycles. The van der Waals surface area contributed by atoms with E-state index in [1.54, 1.807) is 7.11 Å². The second kappa shape index (κ2) is 9.90. The first-order valence-electron chi connectivity index (χ1n) is 9.38. The predicted octanol–water partition coefficient (Wildman–Crippen LogP) is 3.51. The summed E-state index contributed by atoms with van der Waals surface area (Å²) in [5.41, 5.74) is 1.20. The molecule has 1 aliphatic heterocycles. The van der Waals surface area contributed by atoms with Crippen molar-refractivity contribution in [2.24, 2.45) is 5.92 Å². The van der Waals surface area contributed by atoms with Gasteiger partial charge < -0.3 is 19.5 Å². The Kier molecular flexibility index (Phi) is 7.86. The van der Waals surface area contributed by atoms with Gasteiger partial charge in [0.2, 0.25) is 0 Å². The van der Waals surface area contributed by atoms with Crippen molar-refractivity contribution in [1.82, 2.24) is 4.90 Å². The molecule has 1 saturated heterocycles. The van der Waals surface area contributed by atoms with E-state index < -0.39 is 0 Å². The third-order valence-corrected chi connectivity index (χ3v) is 4.96. The van der Waals surface area contributed by atoms with Crippen LogP contribution in [-0.2, 0) is 6.42 Å². The van der Waals surface area contributed by atoms with E-state index in [-0.39, 0.29) is 6.10 Å². The lowest BCUT2D eigenvalue weighted by atomic mass is 9.88. The summed E-state index contributed by atoms with van der Waals surface area (Å²) in [4.78, 5) is 2.42. The summed E-state index contributed by atoms with van der Waals surface area (Å²) < 4.78 is 11.4. The molecular weight excluding hydrogens is 302 g/mol. The van der Waals surface area contributed by atoms with Gasteiger partial charge in [0.05, 0.1) is 19.8 Å². The minimum absolute atomic E-state index is 0.205. The second-order valence-corrected chi connectivity index (χ2v) is 6.75. The molecule has 0 spiro atoms. The SMILES string of the molecule is CCCCCOc1ccc(CC2CN(CC)CCC2O)cc1OC. The molecule has 4 nitrogen and oxygen atoms in total. The zero-order chi connectivity index (χ0) is 17.4. The molecule has 4 heteroatoms. The molecule has 1 N–H and O–H groups in total. The monoisotopic (exact) mass is 335 g/mol. The Morgan fingerprint density at radius 2 is 2.04 bits per heavy atom. The number of rotatable bonds is 9. The number of piperidine rings is 1. The minimum Gasteiger partial charge on any atom is -0.493 e. The molecule has 2 atom stereocenters. The van der Waals surface area contributed by atoms with Crippen molar-refractivity contribution in [1.29, 1.82) is 0 Å². The third-order valence-electron chi connectivity index (χ3n) is 4.96. The van der Waals surface area contributed by atoms with Crippen LogP contribution < -0.4 is 9.47 Å². The number of methoxy groups -OCH3 is 1. The fourth-order valence-electron chi connectivity index (χ4n) is 3.38. The number of hydrogen-bond donors (Lipinski definition) is 1. The van der Waals surface area contributed by atoms with E-state index in [1.807, 2.05) is 6.07 Å². The average Bonchev–Trinajstić information content (AvgIpc) is 2.61. The molecule has 1 aromatic rings. The van der Waals surface area contributed by atoms with Crippen LogP contribution in [0, 0.1) is 5.92 Å². The summed E-state index contributed by atoms with van der Waals surface area (Å²) in [7, 11) is 1.69. The van der Waals surface area contributed by atoms with Gasteiger partial charge >= 0.3 is 0 Å². The largest absolute Gasteiger partial charge is 0.493 e. The van der Waals surface area contributed by atoms with E-state index in [0.29, 0.717) is 5.92 Å². The maximum atomic E-state index is 10.3. The highest BCUT2D eigenvalue weighted by molar-refractivity contribution is 5.43. The number of ether oxygens (including phenoxy) is 2. The van der Waals surface area contributed by atoms with Gasteiger partial charge in [0.1, 0.15) is 0 Å². The van der Waals surface area contributed by atoms with Gasteiger partial charge in [-0.3, -0.25) is 0 Å². The maximum Gasteiger partial charge on any atom is 0.161 e. The standard InChI is InChI=1S/C20H33NO3/c1-4-6-7-12-24-19-9-8-16(14-20(19)23-3)13-17-15-21(5-2)11-10-18(17)22/h8-9,14,17-18,22H,4-7,10-13,15H2,1-3H3. The fraction of sp³-hybridized carbons (Fsp3) is 0.700. The summed E-state index contributed by atoms with van der Waals surface area (Å²) in [5, 5.41) is 10.3. The molecule has 1 aliphatic rings. The molecule has 0 aliphatic carbocycles. The second-order valence-electron chi connectivity index (χ2n) is 6.75. The van der Waals surface area contributed by atoms with Crippen LogP contribution in [0.5, 0.6) is 11.5 Å². The van der Waals surface area contributed by atoms with Gasteiger partial charge in [0, 0.05) is 19.0 Å². The van der Waals surface area contributed by atoms with Gasteiger partial charge in [-0.2, -0.15) is 0 Å². The summed E-state index contributed by atoms with van der Waals surface area (Å²) in [5.74, 6) is 1.90. The van der Waals surface area contributed by atoms with Crippen LogP contribution in [0.15, 0.2) is 18.2 Å². The first kappa shape index (κ1) is 19.1. The lowest BCUT2D eigenvalue weighted by Gasteiger charge is -2.35. The van der Waals surface area contributed by atoms with Crippen LogP contribution in [0.3, 0.4) is 0 Å². The Labute approximate surface area is 146 Å². The molecule has 2 rings (SSSR count). The van der Waals surface area contributed by atoms with Crippen LogP contribution in [0.1, 0.15) is 45.1 Å². The highest BCUT2D eigenvalue weighted by Gasteiger charge is 2.27. The number of nitrogens with zero attached hydrogens (tertiary/aromatic N) is 1. The molecule has 0 bridgehead atoms. The van der Waals surface area contributed by atoms with E-state index in [0.717, 1.165) is 57.0 Å². The lowest BCUT2D eigenvalue weighted by molar-refractivity contribution is 0.0290. The number of benzene rings is 1. The predicted molar refractivity (Wildman–Crippen MR) is 97.9 cm³/mol. The van der Waals surface area contributed by atoms with Gasteiger partial charge in [-0.25, -0.2) is 0 Å². The van der Waals surface area contributed by atoms with E-state index >= 15 is 0 Å². The lowest BCUT2D eigenvalue weighted by Crippen LogP contribution is -2.43. The molecular formula is C20H33NO3. The van der Waals surface area contributed by atoms with Crippen molar-refractivity contribution >= 4 is 0 Å². The van der Waals surface area contributed by atoms with E-state index in [1.165, 1.54) is 18.4 Å². The Bertz CT molecular complexity index is 492. The summed E-state index contributed by atoms with van der Waals surface area (Å²) in [6.45, 7) is 8.13. The smallest absolute Gasteiger partial charge is 0.161 e. The van der Waals surface area contributed by atoms with Crippen molar-refractivity contribution in [2.75, 3.05) is 33.4 Å². The molecule has 24 heavy (non-hydrogen) atoms. The van der Waals surface area contributed by atoms with Crippen molar-refractivity contribution < 1.29 is 14.6 Å². The van der Waals surface area contributed by atoms with Crippen molar-refractivity contribution in [3.8, 4) is 11.5 Å². The first-order valence-corrected chi connectivity index (χ1v) is 9.38. The fourth-order valence-corrected chi connectivity index (χ4v) is 3.38. The summed E-state index contributed by atoms with van der Waals surface area (Å²) in [6, 6.07) is 6.18. The topological polar surface area (TPSA) is 41.9 Å². The van der Waals surface area contributed by atoms with Gasteiger partial charge in [-0.1, -0.05) is 32.8 Å². The number of unbranched alkanes of at least 4 members (excludes halogenated alkanes) is 2. The van der Waals surface area contributed by atoms with Crippen molar-refractivity contribution in [3.63, 3.8) is 0 Å². The molecule has 136 valence electrons. The number of hydrogen-bond acceptors (Lipinski definition) is 4. The highest BCUT2D eigenvalue weighted by atomic mass is 16.5. The van der Waals surface area contributed by atoms with E-state index in [4.69, 9.17) is 9.47 Å². The van der Waals surface area contributed by atoms with Gasteiger partial charge in [-0.05, 0) is 43.5 Å². The van der Waals surface area contributed by atoms with Crippen LogP contribution in [0.25, 0.3) is 0 Å². The average molecular weight is 335 g/mol. The van der Waals surface area contributed by atoms with Gasteiger partial charge in [0.15, 0.2) is 11.5 Å². The minimum atomic E-state index is -0.205. The Balaban J connectivity index is 1.97. The molecule has 1 fully saturated rings. The normalized spacial score (nSPS) is 21.7. The number of likely N-dealkylation sites (tertiary alicyclic amines) is 1. The van der Waals surface area contributed by atoms with E-state index in [9.17, 15) is 5.11 Å². The molecule has 0 aromatic heterocycles. The van der Waals surface area contributed by atoms with Crippen molar-refractivity contribution in [3.05, 3.63) is 23.8 Å². The van der Waals surface area contributed by atoms with E-state index in [2.05, 4.69) is 30.9 Å². The summed E-state index contributed by atoms with van der Waals surface area (Å²) >= 11 is 0.